The maximum atomic E-state index is 13.3. The number of nitrogens with one attached hydrogen (secondary N) is 3. The number of aryl methyl sites for hydroxylation is 1. The smallest absolute Gasteiger partial charge is 0.305 e. The fraction of sp³-hybridized carbons (Fsp3) is 0.360. The molecule has 0 spiro atoms. The number of para-hydroxylation sites is 1. The Bertz CT molecular complexity index is 1250. The van der Waals surface area contributed by atoms with Crippen molar-refractivity contribution in [2.75, 3.05) is 5.43 Å². The maximum absolute atomic E-state index is 13.3. The van der Waals surface area contributed by atoms with E-state index in [1.54, 1.807) is 29.7 Å². The molecule has 3 rings (SSSR count). The molecule has 3 aromatic rings. The van der Waals surface area contributed by atoms with Gasteiger partial charge in [0.1, 0.15) is 0 Å². The van der Waals surface area contributed by atoms with E-state index in [1.165, 1.54) is 0 Å². The molecule has 1 unspecified atom stereocenters. The van der Waals surface area contributed by atoms with Crippen molar-refractivity contribution in [2.24, 2.45) is 17.8 Å². The number of hydrogen-bond donors (Lipinski definition) is 4. The van der Waals surface area contributed by atoms with Gasteiger partial charge >= 0.3 is 5.69 Å². The molecule has 2 amide bonds. The Hall–Kier alpha value is -3.72. The fourth-order valence-electron chi connectivity index (χ4n) is 4.19. The van der Waals surface area contributed by atoms with Gasteiger partial charge in [-0.2, -0.15) is 4.68 Å². The predicted molar refractivity (Wildman–Crippen MR) is 129 cm³/mol. The summed E-state index contributed by atoms with van der Waals surface area (Å²) in [5.41, 5.74) is 4.10. The molecule has 2 aromatic carbocycles. The topological polar surface area (TPSA) is 133 Å². The van der Waals surface area contributed by atoms with Crippen LogP contribution in [0.2, 0.25) is 0 Å². The van der Waals surface area contributed by atoms with Crippen LogP contribution in [0.1, 0.15) is 38.7 Å². The number of hydrogen-bond acceptors (Lipinski definition) is 5. The SMILES string of the molecule is CC(C)CC(C(=O)Nn1c(=O)[nH]c2ccccc2c1=O)[C@@H](CCCc1ccccc1)C(=O)NO. The Kier molecular flexibility index (Phi) is 8.37. The molecule has 34 heavy (non-hydrogen) atoms. The molecule has 4 N–H and O–H groups in total. The standard InChI is InChI=1S/C25H30N4O5/c1-16(2)15-20(18(23(31)28-34)13-8-11-17-9-4-3-5-10-17)22(30)27-29-24(32)19-12-6-7-14-21(19)26-25(29)33/h3-7,9-10,12,14,16,18,20,34H,8,11,13,15H2,1-2H3,(H,26,33)(H,27,30)(H,28,31)/t18-,20?/m1/s1. The number of carbonyl (C=O) groups excluding carboxylic acids is 2. The second kappa shape index (κ2) is 11.4. The number of aromatic amines is 1. The minimum absolute atomic E-state index is 0.0467. The minimum atomic E-state index is -0.860. The molecule has 180 valence electrons. The molecule has 2 atom stereocenters. The Morgan fingerprint density at radius 2 is 1.65 bits per heavy atom. The second-order valence-electron chi connectivity index (χ2n) is 8.79. The van der Waals surface area contributed by atoms with Gasteiger partial charge in [-0.05, 0) is 49.3 Å². The van der Waals surface area contributed by atoms with Crippen molar-refractivity contribution in [1.82, 2.24) is 15.1 Å². The summed E-state index contributed by atoms with van der Waals surface area (Å²) in [6.07, 6.45) is 1.99. The molecule has 0 aliphatic heterocycles. The number of rotatable bonds is 10. The molecule has 0 saturated carbocycles. The Balaban J connectivity index is 1.86. The molecule has 9 nitrogen and oxygen atoms in total. The maximum Gasteiger partial charge on any atom is 0.348 e. The van der Waals surface area contributed by atoms with Gasteiger partial charge in [-0.3, -0.25) is 25.0 Å². The van der Waals surface area contributed by atoms with Crippen LogP contribution in [-0.4, -0.2) is 26.7 Å². The van der Waals surface area contributed by atoms with Gasteiger partial charge in [0, 0.05) is 0 Å². The first-order valence-corrected chi connectivity index (χ1v) is 11.3. The molecule has 0 radical (unpaired) electrons. The average Bonchev–Trinajstić information content (AvgIpc) is 2.83. The van der Waals surface area contributed by atoms with Gasteiger partial charge in [-0.15, -0.1) is 0 Å². The van der Waals surface area contributed by atoms with Gasteiger partial charge < -0.3 is 4.98 Å². The molecular formula is C25H30N4O5. The molecule has 0 saturated heterocycles. The number of aromatic nitrogens is 2. The lowest BCUT2D eigenvalue weighted by Crippen LogP contribution is -2.48. The van der Waals surface area contributed by atoms with E-state index in [9.17, 15) is 24.4 Å². The molecule has 0 aliphatic rings. The highest BCUT2D eigenvalue weighted by molar-refractivity contribution is 5.91. The van der Waals surface area contributed by atoms with Crippen LogP contribution in [0.5, 0.6) is 0 Å². The highest BCUT2D eigenvalue weighted by Crippen LogP contribution is 2.26. The number of nitrogens with zero attached hydrogens (tertiary/aromatic N) is 1. The van der Waals surface area contributed by atoms with Crippen LogP contribution >= 0.6 is 0 Å². The minimum Gasteiger partial charge on any atom is -0.305 e. The van der Waals surface area contributed by atoms with E-state index in [1.807, 2.05) is 44.2 Å². The van der Waals surface area contributed by atoms with Crippen molar-refractivity contribution < 1.29 is 14.8 Å². The lowest BCUT2D eigenvalue weighted by Gasteiger charge is -2.26. The summed E-state index contributed by atoms with van der Waals surface area (Å²) in [5.74, 6) is -2.96. The summed E-state index contributed by atoms with van der Waals surface area (Å²) >= 11 is 0. The van der Waals surface area contributed by atoms with Crippen molar-refractivity contribution in [1.29, 1.82) is 0 Å². The van der Waals surface area contributed by atoms with Gasteiger partial charge in [0.2, 0.25) is 11.8 Å². The largest absolute Gasteiger partial charge is 0.348 e. The molecular weight excluding hydrogens is 436 g/mol. The summed E-state index contributed by atoms with van der Waals surface area (Å²) in [6, 6.07) is 16.2. The van der Waals surface area contributed by atoms with E-state index in [4.69, 9.17) is 0 Å². The number of H-pyrrole nitrogens is 1. The summed E-state index contributed by atoms with van der Waals surface area (Å²) in [7, 11) is 0. The zero-order valence-electron chi connectivity index (χ0n) is 19.3. The van der Waals surface area contributed by atoms with E-state index in [-0.39, 0.29) is 11.3 Å². The predicted octanol–water partition coefficient (Wildman–Crippen LogP) is 2.57. The summed E-state index contributed by atoms with van der Waals surface area (Å²) in [6.45, 7) is 3.82. The summed E-state index contributed by atoms with van der Waals surface area (Å²) < 4.78 is 0.635. The third kappa shape index (κ3) is 5.99. The highest BCUT2D eigenvalue weighted by Gasteiger charge is 2.34. The van der Waals surface area contributed by atoms with Crippen molar-refractivity contribution in [3.63, 3.8) is 0 Å². The third-order valence-electron chi connectivity index (χ3n) is 5.85. The summed E-state index contributed by atoms with van der Waals surface area (Å²) in [4.78, 5) is 53.8. The molecule has 9 heteroatoms. The van der Waals surface area contributed by atoms with Gasteiger partial charge in [0.15, 0.2) is 0 Å². The Labute approximate surface area is 196 Å². The van der Waals surface area contributed by atoms with Crippen molar-refractivity contribution in [3.8, 4) is 0 Å². The third-order valence-corrected chi connectivity index (χ3v) is 5.85. The average molecular weight is 467 g/mol. The first kappa shape index (κ1) is 24.9. The van der Waals surface area contributed by atoms with E-state index < -0.39 is 34.9 Å². The van der Waals surface area contributed by atoms with Crippen LogP contribution in [0.3, 0.4) is 0 Å². The lowest BCUT2D eigenvalue weighted by molar-refractivity contribution is -0.139. The van der Waals surface area contributed by atoms with Gasteiger partial charge in [0.05, 0.1) is 22.7 Å². The van der Waals surface area contributed by atoms with E-state index in [2.05, 4.69) is 10.4 Å². The quantitative estimate of drug-likeness (QED) is 0.269. The number of benzene rings is 2. The van der Waals surface area contributed by atoms with Gasteiger partial charge in [0.25, 0.3) is 5.56 Å². The van der Waals surface area contributed by atoms with Crippen LogP contribution in [-0.2, 0) is 16.0 Å². The van der Waals surface area contributed by atoms with Crippen LogP contribution in [0.4, 0.5) is 0 Å². The van der Waals surface area contributed by atoms with E-state index in [0.717, 1.165) is 5.56 Å². The summed E-state index contributed by atoms with van der Waals surface area (Å²) in [5, 5.41) is 9.59. The van der Waals surface area contributed by atoms with Crippen LogP contribution < -0.4 is 22.2 Å². The Morgan fingerprint density at radius 1 is 0.971 bits per heavy atom. The van der Waals surface area contributed by atoms with E-state index >= 15 is 0 Å². The molecule has 0 fully saturated rings. The second-order valence-corrected chi connectivity index (χ2v) is 8.79. The van der Waals surface area contributed by atoms with Gasteiger partial charge in [-0.1, -0.05) is 56.3 Å². The molecule has 1 aromatic heterocycles. The van der Waals surface area contributed by atoms with Crippen molar-refractivity contribution in [2.45, 2.75) is 39.5 Å². The normalized spacial score (nSPS) is 12.9. The number of carbonyl (C=O) groups is 2. The first-order chi connectivity index (χ1) is 16.3. The zero-order valence-corrected chi connectivity index (χ0v) is 19.3. The number of fused-ring (bicyclic) bond motifs is 1. The monoisotopic (exact) mass is 466 g/mol. The van der Waals surface area contributed by atoms with Gasteiger partial charge in [-0.25, -0.2) is 10.3 Å². The van der Waals surface area contributed by atoms with Crippen molar-refractivity contribution >= 4 is 22.7 Å². The zero-order chi connectivity index (χ0) is 24.7. The molecule has 0 aliphatic carbocycles. The lowest BCUT2D eigenvalue weighted by atomic mass is 9.81. The van der Waals surface area contributed by atoms with E-state index in [0.29, 0.717) is 35.9 Å². The highest BCUT2D eigenvalue weighted by atomic mass is 16.5. The number of hydroxylamine groups is 1. The molecule has 0 bridgehead atoms. The Morgan fingerprint density at radius 3 is 2.32 bits per heavy atom. The fourth-order valence-corrected chi connectivity index (χ4v) is 4.19. The van der Waals surface area contributed by atoms with Crippen LogP contribution in [0.15, 0.2) is 64.2 Å². The molecule has 1 heterocycles. The number of amides is 2. The first-order valence-electron chi connectivity index (χ1n) is 11.3. The van der Waals surface area contributed by atoms with Crippen LogP contribution in [0.25, 0.3) is 10.9 Å². The van der Waals surface area contributed by atoms with Crippen molar-refractivity contribution in [3.05, 3.63) is 81.0 Å². The van der Waals surface area contributed by atoms with Crippen LogP contribution in [0, 0.1) is 17.8 Å².